The molecular weight excluding hydrogens is 498 g/mol. The minimum absolute atomic E-state index is 0.0347. The average Bonchev–Trinajstić information content (AvgIpc) is 3.23. The molecule has 0 saturated carbocycles. The molecule has 2 heterocycles. The van der Waals surface area contributed by atoms with E-state index in [4.69, 9.17) is 16.6 Å². The largest absolute Gasteiger partial charge is 0.494 e. The van der Waals surface area contributed by atoms with Crippen molar-refractivity contribution in [1.29, 1.82) is 0 Å². The third-order valence-corrected chi connectivity index (χ3v) is 7.37. The highest BCUT2D eigenvalue weighted by atomic mass is 35.5. The van der Waals surface area contributed by atoms with Crippen LogP contribution in [0.1, 0.15) is 16.7 Å². The van der Waals surface area contributed by atoms with E-state index in [-0.39, 0.29) is 11.8 Å². The average molecular weight is 530 g/mol. The lowest BCUT2D eigenvalue weighted by Gasteiger charge is -2.33. The normalized spacial score (nSPS) is 15.2. The molecule has 1 fully saturated rings. The van der Waals surface area contributed by atoms with Crippen molar-refractivity contribution in [2.24, 2.45) is 4.99 Å². The lowest BCUT2D eigenvalue weighted by Crippen LogP contribution is -2.48. The summed E-state index contributed by atoms with van der Waals surface area (Å²) in [7, 11) is 3.94. The van der Waals surface area contributed by atoms with Crippen molar-refractivity contribution < 1.29 is 9.90 Å². The predicted molar refractivity (Wildman–Crippen MR) is 155 cm³/mol. The predicted octanol–water partition coefficient (Wildman–Crippen LogP) is 5.21. The molecule has 0 unspecified atom stereocenters. The quantitative estimate of drug-likeness (QED) is 0.336. The highest BCUT2D eigenvalue weighted by molar-refractivity contribution is 6.31. The number of aromatic amines is 1. The number of piperazine rings is 1. The fourth-order valence-corrected chi connectivity index (χ4v) is 5.08. The number of aromatic nitrogens is 1. The standard InChI is InChI=1S/C30H32ClN5O2/c1-20-17-23(10-12-26(20)35(3)27(37)19-36-15-13-34(2)14-16-36)32-29(21-7-5-4-6-8-21)28-24-11-9-22(31)18-25(24)33-30(28)38/h4-12,17-18,33,38H,13-16,19H2,1-3H3. The Hall–Kier alpha value is -3.65. The summed E-state index contributed by atoms with van der Waals surface area (Å²) in [4.78, 5) is 27.3. The van der Waals surface area contributed by atoms with Crippen LogP contribution >= 0.6 is 11.6 Å². The van der Waals surface area contributed by atoms with Crippen molar-refractivity contribution in [3.8, 4) is 5.88 Å². The zero-order chi connectivity index (χ0) is 26.8. The Morgan fingerprint density at radius 1 is 1.05 bits per heavy atom. The molecule has 0 bridgehead atoms. The van der Waals surface area contributed by atoms with Crippen molar-refractivity contribution in [3.05, 3.63) is 88.4 Å². The Morgan fingerprint density at radius 3 is 2.50 bits per heavy atom. The number of aliphatic imine (C=N–C) groups is 1. The number of rotatable bonds is 6. The number of amides is 1. The maximum absolute atomic E-state index is 13.0. The van der Waals surface area contributed by atoms with Crippen LogP contribution < -0.4 is 4.90 Å². The summed E-state index contributed by atoms with van der Waals surface area (Å²) in [5.41, 5.74) is 5.40. The van der Waals surface area contributed by atoms with Crippen LogP contribution in [0.5, 0.6) is 5.88 Å². The van der Waals surface area contributed by atoms with Gasteiger partial charge in [-0.25, -0.2) is 4.99 Å². The van der Waals surface area contributed by atoms with Crippen LogP contribution in [-0.4, -0.2) is 78.3 Å². The molecule has 1 aromatic heterocycles. The van der Waals surface area contributed by atoms with Crippen molar-refractivity contribution in [2.75, 3.05) is 51.7 Å². The third kappa shape index (κ3) is 5.45. The number of aryl methyl sites for hydroxylation is 1. The van der Waals surface area contributed by atoms with E-state index in [2.05, 4.69) is 21.8 Å². The molecule has 1 saturated heterocycles. The Balaban J connectivity index is 1.47. The minimum Gasteiger partial charge on any atom is -0.494 e. The topological polar surface area (TPSA) is 75.2 Å². The van der Waals surface area contributed by atoms with Gasteiger partial charge in [-0.2, -0.15) is 0 Å². The van der Waals surface area contributed by atoms with Crippen LogP contribution in [0.3, 0.4) is 0 Å². The number of likely N-dealkylation sites (N-methyl/N-ethyl adjacent to an activating group) is 2. The van der Waals surface area contributed by atoms with E-state index in [9.17, 15) is 9.90 Å². The van der Waals surface area contributed by atoms with Gasteiger partial charge in [-0.15, -0.1) is 0 Å². The number of anilines is 1. The molecule has 1 aliphatic heterocycles. The fraction of sp³-hybridized carbons (Fsp3) is 0.267. The molecule has 1 aliphatic rings. The Kier molecular flexibility index (Phi) is 7.51. The molecule has 1 amide bonds. The van der Waals surface area contributed by atoms with Crippen molar-refractivity contribution in [1.82, 2.24) is 14.8 Å². The van der Waals surface area contributed by atoms with Gasteiger partial charge in [-0.05, 0) is 49.9 Å². The smallest absolute Gasteiger partial charge is 0.240 e. The molecule has 196 valence electrons. The molecule has 7 nitrogen and oxygen atoms in total. The van der Waals surface area contributed by atoms with E-state index in [1.54, 1.807) is 17.0 Å². The first-order valence-electron chi connectivity index (χ1n) is 12.7. The number of carbonyl (C=O) groups is 1. The van der Waals surface area contributed by atoms with Crippen molar-refractivity contribution >= 4 is 45.5 Å². The number of halogens is 1. The highest BCUT2D eigenvalue weighted by Crippen LogP contribution is 2.33. The molecule has 0 radical (unpaired) electrons. The summed E-state index contributed by atoms with van der Waals surface area (Å²) in [6, 6.07) is 21.1. The molecule has 0 spiro atoms. The molecule has 3 aromatic carbocycles. The zero-order valence-electron chi connectivity index (χ0n) is 21.9. The van der Waals surface area contributed by atoms with Crippen molar-refractivity contribution in [3.63, 3.8) is 0 Å². The Labute approximate surface area is 228 Å². The first-order chi connectivity index (χ1) is 18.3. The molecule has 0 atom stereocenters. The van der Waals surface area contributed by atoms with Gasteiger partial charge in [-0.1, -0.05) is 48.0 Å². The Morgan fingerprint density at radius 2 is 1.79 bits per heavy atom. The van der Waals surface area contributed by atoms with Gasteiger partial charge in [0.05, 0.1) is 29.0 Å². The van der Waals surface area contributed by atoms with Gasteiger partial charge in [0.2, 0.25) is 5.91 Å². The van der Waals surface area contributed by atoms with E-state index < -0.39 is 0 Å². The molecule has 8 heteroatoms. The van der Waals surface area contributed by atoms with Crippen molar-refractivity contribution in [2.45, 2.75) is 6.92 Å². The lowest BCUT2D eigenvalue weighted by molar-refractivity contribution is -0.119. The molecular formula is C30H32ClN5O2. The summed E-state index contributed by atoms with van der Waals surface area (Å²) in [6.45, 7) is 6.15. The summed E-state index contributed by atoms with van der Waals surface area (Å²) < 4.78 is 0. The first-order valence-corrected chi connectivity index (χ1v) is 13.1. The molecule has 5 rings (SSSR count). The summed E-state index contributed by atoms with van der Waals surface area (Å²) in [5.74, 6) is 0.105. The van der Waals surface area contributed by atoms with Crippen LogP contribution in [-0.2, 0) is 4.79 Å². The van der Waals surface area contributed by atoms with E-state index in [1.165, 1.54) is 0 Å². The zero-order valence-corrected chi connectivity index (χ0v) is 22.7. The highest BCUT2D eigenvalue weighted by Gasteiger charge is 2.21. The number of nitrogens with one attached hydrogen (secondary N) is 1. The van der Waals surface area contributed by atoms with E-state index >= 15 is 0 Å². The number of H-pyrrole nitrogens is 1. The van der Waals surface area contributed by atoms with Gasteiger partial charge in [0, 0.05) is 54.9 Å². The second kappa shape index (κ2) is 11.0. The summed E-state index contributed by atoms with van der Waals surface area (Å²) in [5, 5.41) is 12.3. The number of carbonyl (C=O) groups excluding carboxylic acids is 1. The van der Waals surface area contributed by atoms with E-state index in [1.807, 2.05) is 68.6 Å². The third-order valence-electron chi connectivity index (χ3n) is 7.14. The van der Waals surface area contributed by atoms with Gasteiger partial charge in [0.25, 0.3) is 0 Å². The van der Waals surface area contributed by atoms with Gasteiger partial charge < -0.3 is 19.9 Å². The number of hydrogen-bond donors (Lipinski definition) is 2. The summed E-state index contributed by atoms with van der Waals surface area (Å²) >= 11 is 6.18. The molecule has 38 heavy (non-hydrogen) atoms. The van der Waals surface area contributed by atoms with Gasteiger partial charge >= 0.3 is 0 Å². The maximum atomic E-state index is 13.0. The second-order valence-electron chi connectivity index (χ2n) is 9.87. The fourth-order valence-electron chi connectivity index (χ4n) is 4.91. The summed E-state index contributed by atoms with van der Waals surface area (Å²) in [6.07, 6.45) is 0. The maximum Gasteiger partial charge on any atom is 0.240 e. The van der Waals surface area contributed by atoms with Gasteiger partial charge in [-0.3, -0.25) is 9.69 Å². The van der Waals surface area contributed by atoms with Crippen LogP contribution in [0.2, 0.25) is 5.02 Å². The molecule has 0 aliphatic carbocycles. The van der Waals surface area contributed by atoms with E-state index in [0.717, 1.165) is 59.6 Å². The number of hydrogen-bond acceptors (Lipinski definition) is 5. The SMILES string of the molecule is Cc1cc(N=C(c2ccccc2)c2c(O)[nH]c3cc(Cl)ccc23)ccc1N(C)C(=O)CN1CCN(C)CC1. The van der Waals surface area contributed by atoms with E-state index in [0.29, 0.717) is 22.8 Å². The number of fused-ring (bicyclic) bond motifs is 1. The lowest BCUT2D eigenvalue weighted by atomic mass is 10.0. The van der Waals surface area contributed by atoms with Crippen LogP contribution in [0, 0.1) is 6.92 Å². The van der Waals surface area contributed by atoms with Gasteiger partial charge in [0.1, 0.15) is 0 Å². The molecule has 2 N–H and O–H groups in total. The first kappa shape index (κ1) is 26.0. The van der Waals surface area contributed by atoms with Gasteiger partial charge in [0.15, 0.2) is 5.88 Å². The number of benzene rings is 3. The number of nitrogens with zero attached hydrogens (tertiary/aromatic N) is 4. The Bertz CT molecular complexity index is 1490. The second-order valence-corrected chi connectivity index (χ2v) is 10.3. The number of aromatic hydroxyl groups is 1. The molecule has 4 aromatic rings. The van der Waals surface area contributed by atoms with Crippen LogP contribution in [0.4, 0.5) is 11.4 Å². The monoisotopic (exact) mass is 529 g/mol. The van der Waals surface area contributed by atoms with Crippen LogP contribution in [0.15, 0.2) is 71.7 Å². The van der Waals surface area contributed by atoms with Crippen LogP contribution in [0.25, 0.3) is 10.9 Å². The minimum atomic E-state index is 0.0347.